The molecule has 0 radical (unpaired) electrons. The molecule has 2 aromatic carbocycles. The van der Waals surface area contributed by atoms with E-state index in [1.165, 1.54) is 6.42 Å². The van der Waals surface area contributed by atoms with Gasteiger partial charge in [0.15, 0.2) is 5.76 Å². The topological polar surface area (TPSA) is 45.5 Å². The highest BCUT2D eigenvalue weighted by Gasteiger charge is 2.28. The lowest BCUT2D eigenvalue weighted by atomic mass is 9.97. The highest BCUT2D eigenvalue weighted by atomic mass is 16.3. The van der Waals surface area contributed by atoms with Crippen LogP contribution in [0.4, 0.5) is 0 Å². The van der Waals surface area contributed by atoms with Gasteiger partial charge in [0.2, 0.25) is 0 Å². The molecular weight excluding hydrogens is 312 g/mol. The molecule has 0 bridgehead atoms. The predicted octanol–water partition coefficient (Wildman–Crippen LogP) is 3.97. The van der Waals surface area contributed by atoms with Crippen molar-refractivity contribution in [1.29, 1.82) is 0 Å². The molecule has 0 spiro atoms. The summed E-state index contributed by atoms with van der Waals surface area (Å²) >= 11 is 0. The van der Waals surface area contributed by atoms with Crippen molar-refractivity contribution >= 4 is 27.6 Å². The van der Waals surface area contributed by atoms with Gasteiger partial charge in [-0.1, -0.05) is 36.4 Å². The molecule has 1 aromatic heterocycles. The van der Waals surface area contributed by atoms with Crippen LogP contribution in [-0.2, 0) is 0 Å². The van der Waals surface area contributed by atoms with E-state index in [1.54, 1.807) is 0 Å². The summed E-state index contributed by atoms with van der Waals surface area (Å²) < 4.78 is 6.12. The van der Waals surface area contributed by atoms with Gasteiger partial charge in [-0.3, -0.25) is 4.79 Å². The fourth-order valence-corrected chi connectivity index (χ4v) is 4.00. The molecule has 1 aliphatic heterocycles. The van der Waals surface area contributed by atoms with Crippen molar-refractivity contribution in [2.24, 2.45) is 5.92 Å². The standard InChI is InChI=1S/C21H24N2O2/c1-14-17-10-9-16-7-3-4-8-18(16)20(17)25-19(14)21(24)23-11-5-6-15(13-23)12-22-2/h3-4,7-10,15,22H,5-6,11-13H2,1-2H3. The number of hydrogen-bond donors (Lipinski definition) is 1. The first-order chi connectivity index (χ1) is 12.2. The lowest BCUT2D eigenvalue weighted by Gasteiger charge is -2.32. The molecule has 1 unspecified atom stereocenters. The molecule has 0 saturated carbocycles. The maximum Gasteiger partial charge on any atom is 0.289 e. The number of furan rings is 1. The molecule has 1 atom stereocenters. The summed E-state index contributed by atoms with van der Waals surface area (Å²) in [7, 11) is 1.97. The molecule has 1 aliphatic rings. The number of hydrogen-bond acceptors (Lipinski definition) is 3. The minimum Gasteiger partial charge on any atom is -0.450 e. The summed E-state index contributed by atoms with van der Waals surface area (Å²) in [6.45, 7) is 4.56. The zero-order valence-corrected chi connectivity index (χ0v) is 14.8. The number of aryl methyl sites for hydroxylation is 1. The minimum absolute atomic E-state index is 0.0265. The number of likely N-dealkylation sites (tertiary alicyclic amines) is 1. The zero-order chi connectivity index (χ0) is 17.4. The molecule has 0 aliphatic carbocycles. The maximum atomic E-state index is 13.1. The van der Waals surface area contributed by atoms with Crippen molar-refractivity contribution in [3.63, 3.8) is 0 Å². The number of amides is 1. The first-order valence-corrected chi connectivity index (χ1v) is 9.03. The Bertz CT molecular complexity index is 926. The van der Waals surface area contributed by atoms with Crippen LogP contribution in [0.25, 0.3) is 21.7 Å². The largest absolute Gasteiger partial charge is 0.450 e. The smallest absolute Gasteiger partial charge is 0.289 e. The van der Waals surface area contributed by atoms with Gasteiger partial charge in [0.05, 0.1) is 0 Å². The average Bonchev–Trinajstić information content (AvgIpc) is 2.99. The first kappa shape index (κ1) is 16.2. The van der Waals surface area contributed by atoms with Crippen molar-refractivity contribution in [3.8, 4) is 0 Å². The normalized spacial score (nSPS) is 18.2. The number of carbonyl (C=O) groups excluding carboxylic acids is 1. The fourth-order valence-electron chi connectivity index (χ4n) is 4.00. The molecule has 1 fully saturated rings. The van der Waals surface area contributed by atoms with Crippen LogP contribution >= 0.6 is 0 Å². The Hall–Kier alpha value is -2.33. The van der Waals surface area contributed by atoms with Crippen molar-refractivity contribution in [2.45, 2.75) is 19.8 Å². The summed E-state index contributed by atoms with van der Waals surface area (Å²) in [5.41, 5.74) is 1.77. The van der Waals surface area contributed by atoms with Gasteiger partial charge in [-0.25, -0.2) is 0 Å². The summed E-state index contributed by atoms with van der Waals surface area (Å²) in [5, 5.41) is 6.46. The average molecular weight is 336 g/mol. The Morgan fingerprint density at radius 2 is 2.08 bits per heavy atom. The van der Waals surface area contributed by atoms with Crippen LogP contribution in [0.3, 0.4) is 0 Å². The van der Waals surface area contributed by atoms with Crippen LogP contribution in [0.2, 0.25) is 0 Å². The summed E-state index contributed by atoms with van der Waals surface area (Å²) in [6, 6.07) is 12.3. The molecular formula is C21H24N2O2. The third-order valence-electron chi connectivity index (χ3n) is 5.32. The summed E-state index contributed by atoms with van der Waals surface area (Å²) in [5.74, 6) is 1.04. The van der Waals surface area contributed by atoms with E-state index in [-0.39, 0.29) is 5.91 Å². The van der Waals surface area contributed by atoms with E-state index in [9.17, 15) is 4.79 Å². The molecule has 4 nitrogen and oxygen atoms in total. The van der Waals surface area contributed by atoms with Gasteiger partial charge in [0.1, 0.15) is 5.58 Å². The zero-order valence-electron chi connectivity index (χ0n) is 14.8. The Kier molecular flexibility index (Phi) is 4.22. The Morgan fingerprint density at radius 3 is 2.92 bits per heavy atom. The van der Waals surface area contributed by atoms with Gasteiger partial charge in [-0.2, -0.15) is 0 Å². The fraction of sp³-hybridized carbons (Fsp3) is 0.381. The highest BCUT2D eigenvalue weighted by Crippen LogP contribution is 2.32. The molecule has 2 heterocycles. The summed E-state index contributed by atoms with van der Waals surface area (Å²) in [4.78, 5) is 15.0. The number of benzene rings is 2. The molecule has 130 valence electrons. The Labute approximate surface area is 147 Å². The van der Waals surface area contributed by atoms with E-state index < -0.39 is 0 Å². The number of rotatable bonds is 3. The van der Waals surface area contributed by atoms with Crippen molar-refractivity contribution in [2.75, 3.05) is 26.7 Å². The monoisotopic (exact) mass is 336 g/mol. The SMILES string of the molecule is CNCC1CCCN(C(=O)c2oc3c(ccc4ccccc43)c2C)C1. The number of piperidine rings is 1. The van der Waals surface area contributed by atoms with E-state index in [0.29, 0.717) is 11.7 Å². The number of carbonyl (C=O) groups is 1. The van der Waals surface area contributed by atoms with Gasteiger partial charge in [0.25, 0.3) is 5.91 Å². The number of fused-ring (bicyclic) bond motifs is 3. The number of nitrogens with one attached hydrogen (secondary N) is 1. The first-order valence-electron chi connectivity index (χ1n) is 9.03. The van der Waals surface area contributed by atoms with Crippen molar-refractivity contribution in [3.05, 3.63) is 47.7 Å². The second-order valence-electron chi connectivity index (χ2n) is 7.04. The summed E-state index contributed by atoms with van der Waals surface area (Å²) in [6.07, 6.45) is 2.23. The molecule has 1 amide bonds. The molecule has 4 rings (SSSR count). The predicted molar refractivity (Wildman–Crippen MR) is 101 cm³/mol. The Morgan fingerprint density at radius 1 is 1.24 bits per heavy atom. The van der Waals surface area contributed by atoms with E-state index in [1.807, 2.05) is 31.0 Å². The third-order valence-corrected chi connectivity index (χ3v) is 5.32. The van der Waals surface area contributed by atoms with Crippen LogP contribution in [0.5, 0.6) is 0 Å². The molecule has 1 saturated heterocycles. The second-order valence-corrected chi connectivity index (χ2v) is 7.04. The molecule has 4 heteroatoms. The van der Waals surface area contributed by atoms with Gasteiger partial charge in [0, 0.05) is 29.4 Å². The van der Waals surface area contributed by atoms with E-state index >= 15 is 0 Å². The van der Waals surface area contributed by atoms with Crippen LogP contribution in [0, 0.1) is 12.8 Å². The van der Waals surface area contributed by atoms with Gasteiger partial charge >= 0.3 is 0 Å². The molecule has 3 aromatic rings. The van der Waals surface area contributed by atoms with E-state index in [4.69, 9.17) is 4.42 Å². The van der Waals surface area contributed by atoms with E-state index in [2.05, 4.69) is 29.6 Å². The van der Waals surface area contributed by atoms with Crippen LogP contribution in [-0.4, -0.2) is 37.5 Å². The second kappa shape index (κ2) is 6.52. The maximum absolute atomic E-state index is 13.1. The van der Waals surface area contributed by atoms with Gasteiger partial charge in [-0.15, -0.1) is 0 Å². The lowest BCUT2D eigenvalue weighted by molar-refractivity contribution is 0.0643. The molecule has 25 heavy (non-hydrogen) atoms. The van der Waals surface area contributed by atoms with Gasteiger partial charge < -0.3 is 14.6 Å². The van der Waals surface area contributed by atoms with Crippen molar-refractivity contribution < 1.29 is 9.21 Å². The van der Waals surface area contributed by atoms with Crippen molar-refractivity contribution in [1.82, 2.24) is 10.2 Å². The molecule has 1 N–H and O–H groups in total. The quantitative estimate of drug-likeness (QED) is 0.787. The van der Waals surface area contributed by atoms with Crippen LogP contribution in [0.15, 0.2) is 40.8 Å². The minimum atomic E-state index is 0.0265. The number of nitrogens with zero attached hydrogens (tertiary/aromatic N) is 1. The highest BCUT2D eigenvalue weighted by molar-refractivity contribution is 6.08. The lowest BCUT2D eigenvalue weighted by Crippen LogP contribution is -2.42. The van der Waals surface area contributed by atoms with Crippen LogP contribution in [0.1, 0.15) is 29.0 Å². The van der Waals surface area contributed by atoms with Crippen LogP contribution < -0.4 is 5.32 Å². The third kappa shape index (κ3) is 2.81. The van der Waals surface area contributed by atoms with E-state index in [0.717, 1.165) is 53.4 Å². The Balaban J connectivity index is 1.72. The van der Waals surface area contributed by atoms with Gasteiger partial charge in [-0.05, 0) is 44.7 Å².